The second-order valence-corrected chi connectivity index (χ2v) is 8.22. The van der Waals surface area contributed by atoms with E-state index in [1.165, 1.54) is 10.6 Å². The summed E-state index contributed by atoms with van der Waals surface area (Å²) >= 11 is 0. The van der Waals surface area contributed by atoms with Crippen LogP contribution in [-0.2, 0) is 4.79 Å². The van der Waals surface area contributed by atoms with Crippen LogP contribution in [0.2, 0.25) is 0 Å². The van der Waals surface area contributed by atoms with E-state index in [0.29, 0.717) is 25.2 Å². The molecule has 31 heavy (non-hydrogen) atoms. The van der Waals surface area contributed by atoms with E-state index in [0.717, 1.165) is 18.4 Å². The Kier molecular flexibility index (Phi) is 7.05. The number of nitrogens with zero attached hydrogens (tertiary/aromatic N) is 4. The van der Waals surface area contributed by atoms with E-state index in [9.17, 15) is 14.4 Å². The van der Waals surface area contributed by atoms with Crippen LogP contribution in [0.25, 0.3) is 5.65 Å². The molecular weight excluding hydrogens is 392 g/mol. The van der Waals surface area contributed by atoms with Crippen molar-refractivity contribution in [2.75, 3.05) is 20.1 Å². The smallest absolute Gasteiger partial charge is 0.270 e. The van der Waals surface area contributed by atoms with Gasteiger partial charge in [0.25, 0.3) is 11.5 Å². The van der Waals surface area contributed by atoms with Gasteiger partial charge in [-0.05, 0) is 51.4 Å². The van der Waals surface area contributed by atoms with Crippen LogP contribution in [0, 0.1) is 5.92 Å². The number of likely N-dealkylation sites (tertiary alicyclic amines) is 1. The van der Waals surface area contributed by atoms with Gasteiger partial charge in [0.05, 0.1) is 6.04 Å². The molecule has 2 aromatic heterocycles. The first-order chi connectivity index (χ1) is 14.8. The van der Waals surface area contributed by atoms with Gasteiger partial charge in [0.2, 0.25) is 0 Å². The molecule has 0 bridgehead atoms. The largest absolute Gasteiger partial charge is 0.370 e. The van der Waals surface area contributed by atoms with Crippen molar-refractivity contribution in [2.45, 2.75) is 39.2 Å². The zero-order valence-corrected chi connectivity index (χ0v) is 18.5. The van der Waals surface area contributed by atoms with Gasteiger partial charge in [0, 0.05) is 38.4 Å². The van der Waals surface area contributed by atoms with Crippen molar-refractivity contribution < 1.29 is 9.59 Å². The molecule has 0 radical (unpaired) electrons. The second kappa shape index (κ2) is 9.73. The zero-order valence-electron chi connectivity index (χ0n) is 18.5. The topological polar surface area (TPSA) is 75.0 Å². The molecule has 2 atom stereocenters. The summed E-state index contributed by atoms with van der Waals surface area (Å²) in [5.74, 6) is -0.535. The number of Topliss-reactive ketones (excluding diaryl/α,β-unsaturated/α-hetero) is 1. The van der Waals surface area contributed by atoms with Crippen molar-refractivity contribution in [3.05, 3.63) is 70.9 Å². The number of carbonyl (C=O) groups is 2. The molecule has 1 amide bonds. The van der Waals surface area contributed by atoms with Gasteiger partial charge in [-0.15, -0.1) is 6.58 Å². The Morgan fingerprint density at radius 3 is 2.87 bits per heavy atom. The Balaban J connectivity index is 1.81. The number of piperidine rings is 1. The van der Waals surface area contributed by atoms with E-state index in [1.807, 2.05) is 38.1 Å². The molecule has 0 aliphatic carbocycles. The minimum absolute atomic E-state index is 0.0290. The molecule has 7 nitrogen and oxygen atoms in total. The third-order valence-electron chi connectivity index (χ3n) is 5.70. The summed E-state index contributed by atoms with van der Waals surface area (Å²) in [5.41, 5.74) is 1.07. The molecule has 1 aliphatic rings. The molecule has 1 aliphatic heterocycles. The number of pyridine rings is 1. The van der Waals surface area contributed by atoms with Crippen LogP contribution in [0.1, 0.15) is 43.5 Å². The van der Waals surface area contributed by atoms with Crippen LogP contribution in [0.3, 0.4) is 0 Å². The van der Waals surface area contributed by atoms with Crippen LogP contribution in [0.15, 0.2) is 59.8 Å². The molecular formula is C24H30N4O3. The fourth-order valence-electron chi connectivity index (χ4n) is 4.12. The van der Waals surface area contributed by atoms with E-state index in [1.54, 1.807) is 29.3 Å². The average molecular weight is 423 g/mol. The minimum atomic E-state index is -0.392. The summed E-state index contributed by atoms with van der Waals surface area (Å²) in [6.07, 6.45) is 8.75. The molecule has 164 valence electrons. The number of carbonyl (C=O) groups excluding carboxylic acids is 2. The fourth-order valence-corrected chi connectivity index (χ4v) is 4.12. The number of fused-ring (bicyclic) bond motifs is 1. The van der Waals surface area contributed by atoms with Crippen LogP contribution < -0.4 is 5.56 Å². The number of ketones is 1. The van der Waals surface area contributed by atoms with Gasteiger partial charge in [-0.1, -0.05) is 17.7 Å². The van der Waals surface area contributed by atoms with Crippen molar-refractivity contribution in [1.29, 1.82) is 0 Å². The molecule has 0 N–H and O–H groups in total. The van der Waals surface area contributed by atoms with Crippen LogP contribution >= 0.6 is 0 Å². The van der Waals surface area contributed by atoms with Gasteiger partial charge in [0.15, 0.2) is 5.78 Å². The first-order valence-corrected chi connectivity index (χ1v) is 10.6. The normalized spacial score (nSPS) is 17.6. The lowest BCUT2D eigenvalue weighted by molar-refractivity contribution is -0.128. The van der Waals surface area contributed by atoms with Crippen molar-refractivity contribution in [1.82, 2.24) is 19.2 Å². The maximum atomic E-state index is 13.4. The van der Waals surface area contributed by atoms with E-state index in [4.69, 9.17) is 0 Å². The summed E-state index contributed by atoms with van der Waals surface area (Å²) in [4.78, 5) is 47.1. The molecule has 0 saturated carbocycles. The monoisotopic (exact) mass is 422 g/mol. The number of amides is 1. The maximum Gasteiger partial charge on any atom is 0.270 e. The van der Waals surface area contributed by atoms with Crippen LogP contribution in [0.5, 0.6) is 0 Å². The fraction of sp³-hybridized carbons (Fsp3) is 0.417. The number of aromatic nitrogens is 2. The summed E-state index contributed by atoms with van der Waals surface area (Å²) in [6.45, 7) is 8.63. The Labute approximate surface area is 182 Å². The van der Waals surface area contributed by atoms with Gasteiger partial charge in [0.1, 0.15) is 11.2 Å². The summed E-state index contributed by atoms with van der Waals surface area (Å²) in [7, 11) is 1.89. The van der Waals surface area contributed by atoms with Crippen molar-refractivity contribution >= 4 is 17.3 Å². The Morgan fingerprint density at radius 2 is 2.16 bits per heavy atom. The van der Waals surface area contributed by atoms with Gasteiger partial charge < -0.3 is 9.80 Å². The first-order valence-electron chi connectivity index (χ1n) is 10.6. The van der Waals surface area contributed by atoms with Gasteiger partial charge >= 0.3 is 0 Å². The molecule has 2 unspecified atom stereocenters. The molecule has 0 aromatic carbocycles. The lowest BCUT2D eigenvalue weighted by atomic mass is 9.87. The molecule has 1 fully saturated rings. The van der Waals surface area contributed by atoms with Gasteiger partial charge in [-0.25, -0.2) is 4.98 Å². The van der Waals surface area contributed by atoms with Crippen LogP contribution in [0.4, 0.5) is 0 Å². The highest BCUT2D eigenvalue weighted by atomic mass is 16.2. The summed E-state index contributed by atoms with van der Waals surface area (Å²) in [5, 5.41) is 0. The average Bonchev–Trinajstić information content (AvgIpc) is 2.77. The first kappa shape index (κ1) is 22.5. The third-order valence-corrected chi connectivity index (χ3v) is 5.70. The molecule has 1 saturated heterocycles. The predicted octanol–water partition coefficient (Wildman–Crippen LogP) is 2.92. The summed E-state index contributed by atoms with van der Waals surface area (Å²) in [6, 6.07) is 4.91. The number of hydrogen-bond donors (Lipinski definition) is 0. The van der Waals surface area contributed by atoms with E-state index in [-0.39, 0.29) is 29.2 Å². The molecule has 3 rings (SSSR count). The Morgan fingerprint density at radius 1 is 1.39 bits per heavy atom. The van der Waals surface area contributed by atoms with E-state index < -0.39 is 5.56 Å². The third kappa shape index (κ3) is 4.93. The van der Waals surface area contributed by atoms with Gasteiger partial charge in [-0.3, -0.25) is 18.8 Å². The van der Waals surface area contributed by atoms with Crippen LogP contribution in [-0.4, -0.2) is 57.1 Å². The number of hydrogen-bond acceptors (Lipinski definition) is 5. The molecule has 7 heteroatoms. The van der Waals surface area contributed by atoms with E-state index in [2.05, 4.69) is 11.6 Å². The molecule has 2 aromatic rings. The highest BCUT2D eigenvalue weighted by Crippen LogP contribution is 2.23. The molecule has 0 spiro atoms. The maximum absolute atomic E-state index is 13.4. The number of rotatable bonds is 7. The Hall–Kier alpha value is -3.22. The van der Waals surface area contributed by atoms with Gasteiger partial charge in [-0.2, -0.15) is 0 Å². The van der Waals surface area contributed by atoms with Crippen molar-refractivity contribution in [3.8, 4) is 0 Å². The zero-order chi connectivity index (χ0) is 22.5. The quantitative estimate of drug-likeness (QED) is 0.642. The lowest BCUT2D eigenvalue weighted by Crippen LogP contribution is -2.48. The lowest BCUT2D eigenvalue weighted by Gasteiger charge is -2.35. The SMILES string of the molecule is C=C(C)CC(C(=O)C1CCCN(C(=O)c2cnc3ccccn3c2=O)C1)N(C)/C=C\C. The number of allylic oxidation sites excluding steroid dienone is 1. The summed E-state index contributed by atoms with van der Waals surface area (Å²) < 4.78 is 1.37. The highest BCUT2D eigenvalue weighted by molar-refractivity contribution is 5.94. The molecule has 3 heterocycles. The number of likely N-dealkylation sites (N-methyl/N-ethyl adjacent to an activating group) is 1. The van der Waals surface area contributed by atoms with Crippen molar-refractivity contribution in [2.24, 2.45) is 5.92 Å². The minimum Gasteiger partial charge on any atom is -0.370 e. The van der Waals surface area contributed by atoms with E-state index >= 15 is 0 Å². The predicted molar refractivity (Wildman–Crippen MR) is 121 cm³/mol. The van der Waals surface area contributed by atoms with Crippen molar-refractivity contribution in [3.63, 3.8) is 0 Å². The highest BCUT2D eigenvalue weighted by Gasteiger charge is 2.34. The second-order valence-electron chi connectivity index (χ2n) is 8.22. The standard InChI is InChI=1S/C24H30N4O3/c1-5-11-26(4)20(14-17(2)3)22(29)18-9-8-12-27(16-18)23(30)19-15-25-21-10-6-7-13-28(21)24(19)31/h5-7,10-11,13,15,18,20H,2,8-9,12,14,16H2,1,3-4H3/b11-5-. The Bertz CT molecular complexity index is 1070.